The highest BCUT2D eigenvalue weighted by Crippen LogP contribution is 2.34. The summed E-state index contributed by atoms with van der Waals surface area (Å²) in [4.78, 5) is 30.9. The minimum Gasteiger partial charge on any atom is -0.494 e. The Bertz CT molecular complexity index is 1330. The minimum atomic E-state index is -0.607. The molecular formula is C23H22N4O3. The molecule has 1 atom stereocenters. The van der Waals surface area contributed by atoms with Crippen molar-refractivity contribution in [1.82, 2.24) is 19.9 Å². The molecular weight excluding hydrogens is 380 g/mol. The number of H-pyrrole nitrogens is 2. The normalized spacial score (nSPS) is 15.9. The van der Waals surface area contributed by atoms with Crippen LogP contribution in [-0.2, 0) is 19.4 Å². The molecule has 0 bridgehead atoms. The molecule has 0 fully saturated rings. The van der Waals surface area contributed by atoms with Crippen LogP contribution in [0.2, 0.25) is 0 Å². The van der Waals surface area contributed by atoms with Gasteiger partial charge in [-0.2, -0.15) is 0 Å². The maximum atomic E-state index is 12.7. The van der Waals surface area contributed by atoms with E-state index in [-0.39, 0.29) is 18.0 Å². The van der Waals surface area contributed by atoms with Gasteiger partial charge >= 0.3 is 5.69 Å². The number of benzene rings is 2. The molecule has 2 aromatic heterocycles. The maximum absolute atomic E-state index is 12.7. The van der Waals surface area contributed by atoms with Gasteiger partial charge in [-0.3, -0.25) is 14.3 Å². The Morgan fingerprint density at radius 3 is 2.60 bits per heavy atom. The van der Waals surface area contributed by atoms with Crippen LogP contribution in [0.25, 0.3) is 10.9 Å². The molecule has 1 aliphatic rings. The van der Waals surface area contributed by atoms with Gasteiger partial charge in [-0.25, -0.2) is 4.79 Å². The number of nitrogens with one attached hydrogen (secondary N) is 3. The average molecular weight is 402 g/mol. The maximum Gasteiger partial charge on any atom is 0.331 e. The lowest BCUT2D eigenvalue weighted by molar-refractivity contribution is 0.382. The lowest BCUT2D eigenvalue weighted by atomic mass is 9.95. The first-order valence-electron chi connectivity index (χ1n) is 10.1. The molecule has 0 amide bonds. The molecule has 7 heteroatoms. The number of nitrogens with zero attached hydrogens (tertiary/aromatic N) is 1. The molecule has 4 N–H and O–H groups in total. The van der Waals surface area contributed by atoms with E-state index in [0.717, 1.165) is 34.1 Å². The molecule has 7 nitrogen and oxygen atoms in total. The second-order valence-corrected chi connectivity index (χ2v) is 7.58. The summed E-state index contributed by atoms with van der Waals surface area (Å²) < 4.78 is 1.24. The third-order valence-corrected chi connectivity index (χ3v) is 5.82. The monoisotopic (exact) mass is 402 g/mol. The summed E-state index contributed by atoms with van der Waals surface area (Å²) in [5.41, 5.74) is 3.01. The molecule has 30 heavy (non-hydrogen) atoms. The molecule has 0 spiro atoms. The average Bonchev–Trinajstić information content (AvgIpc) is 3.14. The quantitative estimate of drug-likeness (QED) is 0.420. The summed E-state index contributed by atoms with van der Waals surface area (Å²) in [7, 11) is 0. The number of aryl methyl sites for hydroxylation is 1. The topological polar surface area (TPSA) is 103 Å². The van der Waals surface area contributed by atoms with Crippen LogP contribution in [0, 0.1) is 0 Å². The number of aromatic amines is 2. The Morgan fingerprint density at radius 2 is 1.77 bits per heavy atom. The van der Waals surface area contributed by atoms with Crippen molar-refractivity contribution in [2.45, 2.75) is 25.4 Å². The smallest absolute Gasteiger partial charge is 0.331 e. The molecule has 0 radical (unpaired) electrons. The summed E-state index contributed by atoms with van der Waals surface area (Å²) in [6, 6.07) is 17.2. The molecule has 0 saturated heterocycles. The lowest BCUT2D eigenvalue weighted by Crippen LogP contribution is -2.39. The number of aromatic hydroxyl groups is 1. The summed E-state index contributed by atoms with van der Waals surface area (Å²) in [6.07, 6.45) is 1.39. The highest BCUT2D eigenvalue weighted by molar-refractivity contribution is 5.85. The Morgan fingerprint density at radius 1 is 1.00 bits per heavy atom. The van der Waals surface area contributed by atoms with Crippen molar-refractivity contribution in [2.75, 3.05) is 6.54 Å². The molecule has 1 aliphatic heterocycles. The van der Waals surface area contributed by atoms with Gasteiger partial charge in [0.05, 0.1) is 6.04 Å². The highest BCUT2D eigenvalue weighted by Gasteiger charge is 2.30. The first-order valence-corrected chi connectivity index (χ1v) is 10.1. The van der Waals surface area contributed by atoms with Crippen molar-refractivity contribution in [3.63, 3.8) is 0 Å². The molecule has 0 saturated carbocycles. The number of hydrogen-bond acceptors (Lipinski definition) is 4. The van der Waals surface area contributed by atoms with E-state index in [1.807, 2.05) is 48.5 Å². The van der Waals surface area contributed by atoms with E-state index in [2.05, 4.69) is 21.4 Å². The van der Waals surface area contributed by atoms with Crippen molar-refractivity contribution >= 4 is 10.9 Å². The first kappa shape index (κ1) is 18.4. The van der Waals surface area contributed by atoms with E-state index >= 15 is 0 Å². The second-order valence-electron chi connectivity index (χ2n) is 7.58. The van der Waals surface area contributed by atoms with Crippen LogP contribution in [0.4, 0.5) is 0 Å². The Kier molecular flexibility index (Phi) is 4.52. The second kappa shape index (κ2) is 7.35. The lowest BCUT2D eigenvalue weighted by Gasteiger charge is -2.25. The van der Waals surface area contributed by atoms with E-state index in [4.69, 9.17) is 0 Å². The Hall–Kier alpha value is -3.58. The number of aromatic nitrogens is 3. The van der Waals surface area contributed by atoms with Gasteiger partial charge < -0.3 is 15.4 Å². The number of hydrogen-bond donors (Lipinski definition) is 4. The van der Waals surface area contributed by atoms with Crippen molar-refractivity contribution in [2.24, 2.45) is 0 Å². The van der Waals surface area contributed by atoms with E-state index in [0.29, 0.717) is 13.0 Å². The highest BCUT2D eigenvalue weighted by atomic mass is 16.3. The van der Waals surface area contributed by atoms with Gasteiger partial charge in [-0.05, 0) is 30.0 Å². The Labute approximate surface area is 172 Å². The number of para-hydroxylation sites is 1. The molecule has 152 valence electrons. The van der Waals surface area contributed by atoms with Crippen LogP contribution in [0.15, 0.2) is 64.2 Å². The molecule has 3 heterocycles. The fourth-order valence-corrected chi connectivity index (χ4v) is 4.35. The third-order valence-electron chi connectivity index (χ3n) is 5.82. The minimum absolute atomic E-state index is 0.162. The first-order chi connectivity index (χ1) is 14.6. The van der Waals surface area contributed by atoms with Crippen molar-refractivity contribution < 1.29 is 5.11 Å². The molecule has 2 aromatic carbocycles. The molecule has 4 aromatic rings. The zero-order valence-electron chi connectivity index (χ0n) is 16.3. The van der Waals surface area contributed by atoms with E-state index < -0.39 is 17.3 Å². The number of rotatable bonds is 4. The van der Waals surface area contributed by atoms with Gasteiger partial charge in [-0.15, -0.1) is 0 Å². The SMILES string of the molecule is O=c1[nH]c(=O)n(CCc2ccccc2)c(O)c1[C@H]1NCCc2c1[nH]c1ccccc21. The van der Waals surface area contributed by atoms with Crippen LogP contribution >= 0.6 is 0 Å². The van der Waals surface area contributed by atoms with Gasteiger partial charge in [0.1, 0.15) is 5.56 Å². The van der Waals surface area contributed by atoms with Gasteiger partial charge in [-0.1, -0.05) is 48.5 Å². The van der Waals surface area contributed by atoms with Gasteiger partial charge in [0.25, 0.3) is 5.56 Å². The van der Waals surface area contributed by atoms with Gasteiger partial charge in [0.15, 0.2) is 0 Å². The van der Waals surface area contributed by atoms with Crippen LogP contribution in [0.5, 0.6) is 5.88 Å². The zero-order valence-corrected chi connectivity index (χ0v) is 16.3. The summed E-state index contributed by atoms with van der Waals surface area (Å²) in [5.74, 6) is -0.288. The molecule has 0 aliphatic carbocycles. The molecule has 0 unspecified atom stereocenters. The van der Waals surface area contributed by atoms with Crippen LogP contribution in [-0.4, -0.2) is 26.2 Å². The Balaban J connectivity index is 1.59. The van der Waals surface area contributed by atoms with Gasteiger partial charge in [0.2, 0.25) is 5.88 Å². The third kappa shape index (κ3) is 3.04. The summed E-state index contributed by atoms with van der Waals surface area (Å²) >= 11 is 0. The van der Waals surface area contributed by atoms with Crippen molar-refractivity contribution in [3.8, 4) is 5.88 Å². The summed E-state index contributed by atoms with van der Waals surface area (Å²) in [5, 5.41) is 15.4. The molecule has 5 rings (SSSR count). The predicted molar refractivity (Wildman–Crippen MR) is 115 cm³/mol. The van der Waals surface area contributed by atoms with E-state index in [1.165, 1.54) is 4.57 Å². The largest absolute Gasteiger partial charge is 0.494 e. The van der Waals surface area contributed by atoms with E-state index in [1.54, 1.807) is 0 Å². The van der Waals surface area contributed by atoms with Crippen LogP contribution in [0.1, 0.15) is 28.4 Å². The van der Waals surface area contributed by atoms with Gasteiger partial charge in [0, 0.05) is 29.7 Å². The van der Waals surface area contributed by atoms with Crippen molar-refractivity contribution in [3.05, 3.63) is 97.8 Å². The van der Waals surface area contributed by atoms with Crippen LogP contribution in [0.3, 0.4) is 0 Å². The fraction of sp³-hybridized carbons (Fsp3) is 0.217. The summed E-state index contributed by atoms with van der Waals surface area (Å²) in [6.45, 7) is 0.937. The fourth-order valence-electron chi connectivity index (χ4n) is 4.35. The predicted octanol–water partition coefficient (Wildman–Crippen LogP) is 2.20. The number of fused-ring (bicyclic) bond motifs is 3. The zero-order chi connectivity index (χ0) is 20.7. The van der Waals surface area contributed by atoms with Crippen LogP contribution < -0.4 is 16.6 Å². The standard InChI is InChI=1S/C23H22N4O3/c28-21-18(20-19-16(10-12-24-20)15-8-4-5-9-17(15)25-19)22(29)27(23(30)26-21)13-11-14-6-2-1-3-7-14/h1-9,20,24-25,29H,10-13H2,(H,26,28,30)/t20-/m1/s1. The van der Waals surface area contributed by atoms with E-state index in [9.17, 15) is 14.7 Å². The van der Waals surface area contributed by atoms with Crippen molar-refractivity contribution in [1.29, 1.82) is 0 Å².